The molecule has 0 aromatic heterocycles. The lowest BCUT2D eigenvalue weighted by molar-refractivity contribution is -0.118. The molecule has 0 spiro atoms. The fraction of sp³-hybridized carbons (Fsp3) is 0.579. The van der Waals surface area contributed by atoms with Crippen molar-refractivity contribution in [3.05, 3.63) is 23.8 Å². The van der Waals surface area contributed by atoms with Crippen molar-refractivity contribution in [2.45, 2.75) is 45.7 Å². The van der Waals surface area contributed by atoms with Crippen LogP contribution in [-0.2, 0) is 4.79 Å². The van der Waals surface area contributed by atoms with Gasteiger partial charge in [0.25, 0.3) is 0 Å². The number of carbonyl (C=O) groups is 2. The molecule has 1 saturated carbocycles. The number of benzene rings is 1. The summed E-state index contributed by atoms with van der Waals surface area (Å²) in [5.74, 6) is -0.526. The maximum Gasteiger partial charge on any atom is 0.335 e. The standard InChI is InChI=1S/C19H27N3O3/c1-12(2)13(3)20-11-18(23)22-9-8-21(15-5-6-15)16-7-4-14(19(24)25)10-17(16)22/h4,7,10,12-13,15,20H,5-6,8-9,11H2,1-3H3,(H,24,25)/t13-/m0/s1. The molecule has 1 aromatic carbocycles. The zero-order valence-electron chi connectivity index (χ0n) is 15.2. The Morgan fingerprint density at radius 1 is 1.20 bits per heavy atom. The molecule has 1 heterocycles. The van der Waals surface area contributed by atoms with Gasteiger partial charge < -0.3 is 20.2 Å². The minimum atomic E-state index is -0.967. The third kappa shape index (κ3) is 3.79. The number of carbonyl (C=O) groups excluding carboxylic acids is 1. The average Bonchev–Trinajstić information content (AvgIpc) is 3.42. The van der Waals surface area contributed by atoms with Crippen molar-refractivity contribution in [2.75, 3.05) is 29.4 Å². The van der Waals surface area contributed by atoms with Crippen LogP contribution in [0.1, 0.15) is 44.0 Å². The van der Waals surface area contributed by atoms with Crippen molar-refractivity contribution in [3.8, 4) is 0 Å². The minimum Gasteiger partial charge on any atom is -0.478 e. The number of hydrogen-bond acceptors (Lipinski definition) is 4. The van der Waals surface area contributed by atoms with E-state index < -0.39 is 5.97 Å². The Morgan fingerprint density at radius 2 is 1.92 bits per heavy atom. The van der Waals surface area contributed by atoms with Gasteiger partial charge in [-0.1, -0.05) is 13.8 Å². The summed E-state index contributed by atoms with van der Waals surface area (Å²) in [7, 11) is 0. The molecule has 1 aromatic rings. The third-order valence-corrected chi connectivity index (χ3v) is 5.25. The number of nitrogens with one attached hydrogen (secondary N) is 1. The first kappa shape index (κ1) is 17.7. The second-order valence-corrected chi connectivity index (χ2v) is 7.39. The molecule has 0 radical (unpaired) electrons. The molecule has 0 bridgehead atoms. The first-order valence-electron chi connectivity index (χ1n) is 9.06. The van der Waals surface area contributed by atoms with Gasteiger partial charge in [-0.2, -0.15) is 0 Å². The molecule has 1 fully saturated rings. The maximum atomic E-state index is 12.8. The van der Waals surface area contributed by atoms with Crippen LogP contribution in [-0.4, -0.2) is 48.7 Å². The second-order valence-electron chi connectivity index (χ2n) is 7.39. The quantitative estimate of drug-likeness (QED) is 0.828. The lowest BCUT2D eigenvalue weighted by Crippen LogP contribution is -2.49. The van der Waals surface area contributed by atoms with E-state index in [4.69, 9.17) is 0 Å². The number of carboxylic acids is 1. The Hall–Kier alpha value is -2.08. The van der Waals surface area contributed by atoms with Crippen LogP contribution in [0.3, 0.4) is 0 Å². The maximum absolute atomic E-state index is 12.8. The van der Waals surface area contributed by atoms with E-state index in [1.807, 2.05) is 6.07 Å². The highest BCUT2D eigenvalue weighted by molar-refractivity contribution is 6.01. The molecule has 1 atom stereocenters. The summed E-state index contributed by atoms with van der Waals surface area (Å²) < 4.78 is 0. The van der Waals surface area contributed by atoms with E-state index in [1.165, 1.54) is 12.8 Å². The molecule has 6 nitrogen and oxygen atoms in total. The van der Waals surface area contributed by atoms with Crippen LogP contribution in [0.4, 0.5) is 11.4 Å². The van der Waals surface area contributed by atoms with Crippen molar-refractivity contribution < 1.29 is 14.7 Å². The van der Waals surface area contributed by atoms with Crippen molar-refractivity contribution >= 4 is 23.3 Å². The van der Waals surface area contributed by atoms with E-state index in [1.54, 1.807) is 17.0 Å². The summed E-state index contributed by atoms with van der Waals surface area (Å²) >= 11 is 0. The fourth-order valence-electron chi connectivity index (χ4n) is 3.17. The van der Waals surface area contributed by atoms with Gasteiger partial charge in [0.1, 0.15) is 0 Å². The number of hydrogen-bond donors (Lipinski definition) is 2. The Kier molecular flexibility index (Phi) is 4.99. The van der Waals surface area contributed by atoms with Crippen LogP contribution in [0.2, 0.25) is 0 Å². The van der Waals surface area contributed by atoms with Crippen LogP contribution in [0.25, 0.3) is 0 Å². The van der Waals surface area contributed by atoms with E-state index in [9.17, 15) is 14.7 Å². The number of amides is 1. The Morgan fingerprint density at radius 3 is 2.52 bits per heavy atom. The van der Waals surface area contributed by atoms with E-state index in [0.29, 0.717) is 18.5 Å². The zero-order valence-corrected chi connectivity index (χ0v) is 15.2. The molecule has 1 aliphatic carbocycles. The van der Waals surface area contributed by atoms with Gasteiger partial charge in [0, 0.05) is 25.2 Å². The van der Waals surface area contributed by atoms with Gasteiger partial charge in [-0.25, -0.2) is 4.79 Å². The normalized spacial score (nSPS) is 18.2. The van der Waals surface area contributed by atoms with E-state index in [0.717, 1.165) is 17.9 Å². The number of aromatic carboxylic acids is 1. The average molecular weight is 345 g/mol. The molecule has 0 unspecified atom stereocenters. The number of rotatable bonds is 6. The van der Waals surface area contributed by atoms with Gasteiger partial charge in [0.2, 0.25) is 5.91 Å². The molecule has 6 heteroatoms. The molecule has 136 valence electrons. The highest BCUT2D eigenvalue weighted by atomic mass is 16.4. The lowest BCUT2D eigenvalue weighted by Gasteiger charge is -2.38. The van der Waals surface area contributed by atoms with E-state index >= 15 is 0 Å². The first-order chi connectivity index (χ1) is 11.9. The van der Waals surface area contributed by atoms with E-state index in [-0.39, 0.29) is 24.1 Å². The number of nitrogens with zero attached hydrogens (tertiary/aromatic N) is 2. The van der Waals surface area contributed by atoms with Crippen LogP contribution in [0, 0.1) is 5.92 Å². The van der Waals surface area contributed by atoms with Crippen LogP contribution >= 0.6 is 0 Å². The number of anilines is 2. The summed E-state index contributed by atoms with van der Waals surface area (Å²) in [5.41, 5.74) is 1.92. The molecule has 3 rings (SSSR count). The Bertz CT molecular complexity index is 670. The molecular formula is C19H27N3O3. The summed E-state index contributed by atoms with van der Waals surface area (Å²) in [5, 5.41) is 12.6. The largest absolute Gasteiger partial charge is 0.478 e. The second kappa shape index (κ2) is 7.04. The SMILES string of the molecule is CC(C)[C@H](C)NCC(=O)N1CCN(C2CC2)c2ccc(C(=O)O)cc21. The topological polar surface area (TPSA) is 72.9 Å². The molecule has 25 heavy (non-hydrogen) atoms. The van der Waals surface area contributed by atoms with Gasteiger partial charge in [0.15, 0.2) is 0 Å². The fourth-order valence-corrected chi connectivity index (χ4v) is 3.17. The lowest BCUT2D eigenvalue weighted by atomic mass is 10.1. The molecule has 1 amide bonds. The third-order valence-electron chi connectivity index (χ3n) is 5.25. The molecule has 0 saturated heterocycles. The van der Waals surface area contributed by atoms with Gasteiger partial charge in [-0.3, -0.25) is 4.79 Å². The smallest absolute Gasteiger partial charge is 0.335 e. The van der Waals surface area contributed by atoms with Crippen molar-refractivity contribution in [1.29, 1.82) is 0 Å². The summed E-state index contributed by atoms with van der Waals surface area (Å²) in [6.07, 6.45) is 2.34. The van der Waals surface area contributed by atoms with Gasteiger partial charge in [0.05, 0.1) is 23.5 Å². The monoisotopic (exact) mass is 345 g/mol. The van der Waals surface area contributed by atoms with Gasteiger partial charge >= 0.3 is 5.97 Å². The summed E-state index contributed by atoms with van der Waals surface area (Å²) in [6, 6.07) is 5.90. The van der Waals surface area contributed by atoms with Gasteiger partial charge in [-0.05, 0) is 43.9 Å². The predicted molar refractivity (Wildman–Crippen MR) is 98.4 cm³/mol. The zero-order chi connectivity index (χ0) is 18.1. The highest BCUT2D eigenvalue weighted by Crippen LogP contribution is 2.40. The molecular weight excluding hydrogens is 318 g/mol. The van der Waals surface area contributed by atoms with Crippen LogP contribution in [0.5, 0.6) is 0 Å². The van der Waals surface area contributed by atoms with Crippen molar-refractivity contribution in [3.63, 3.8) is 0 Å². The van der Waals surface area contributed by atoms with Crippen LogP contribution in [0.15, 0.2) is 18.2 Å². The molecule has 2 N–H and O–H groups in total. The Labute approximate surface area is 148 Å². The summed E-state index contributed by atoms with van der Waals surface area (Å²) in [6.45, 7) is 7.97. The predicted octanol–water partition coefficient (Wildman–Crippen LogP) is 2.33. The number of carboxylic acid groups (broad SMARTS) is 1. The first-order valence-corrected chi connectivity index (χ1v) is 9.06. The van der Waals surface area contributed by atoms with Crippen molar-refractivity contribution in [1.82, 2.24) is 5.32 Å². The van der Waals surface area contributed by atoms with Crippen LogP contribution < -0.4 is 15.1 Å². The number of fused-ring (bicyclic) bond motifs is 1. The molecule has 1 aliphatic heterocycles. The molecule has 2 aliphatic rings. The van der Waals surface area contributed by atoms with Gasteiger partial charge in [-0.15, -0.1) is 0 Å². The summed E-state index contributed by atoms with van der Waals surface area (Å²) in [4.78, 5) is 28.2. The Balaban J connectivity index is 1.83. The minimum absolute atomic E-state index is 0.00765. The van der Waals surface area contributed by atoms with E-state index in [2.05, 4.69) is 31.0 Å². The van der Waals surface area contributed by atoms with Crippen molar-refractivity contribution in [2.24, 2.45) is 5.92 Å². The highest BCUT2D eigenvalue weighted by Gasteiger charge is 2.35.